The Labute approximate surface area is 160 Å². The molecule has 26 heavy (non-hydrogen) atoms. The van der Waals surface area contributed by atoms with E-state index in [-0.39, 0.29) is 11.9 Å². The third-order valence-electron chi connectivity index (χ3n) is 4.22. The Morgan fingerprint density at radius 3 is 2.38 bits per heavy atom. The Bertz CT molecular complexity index is 746. The van der Waals surface area contributed by atoms with Crippen molar-refractivity contribution in [3.8, 4) is 11.5 Å². The lowest BCUT2D eigenvalue weighted by Crippen LogP contribution is -2.29. The first-order valence-corrected chi connectivity index (χ1v) is 9.05. The second-order valence-corrected chi connectivity index (χ2v) is 7.10. The number of rotatable bonds is 7. The topological polar surface area (TPSA) is 38.8 Å². The van der Waals surface area contributed by atoms with Gasteiger partial charge in [0.05, 0.1) is 24.8 Å². The summed E-state index contributed by atoms with van der Waals surface area (Å²) in [5.41, 5.74) is 1.53. The minimum atomic E-state index is -0.128. The smallest absolute Gasteiger partial charge is 0.254 e. The standard InChI is InChI=1S/C21H26ClNO3/c1-14(2)13-26-20-18(22)11-17(12-19(20)25-5)21(24)23(4)15(3)16-9-7-6-8-10-16/h6-12,14-15H,13H2,1-5H3. The Kier molecular flexibility index (Phi) is 6.92. The minimum Gasteiger partial charge on any atom is -0.493 e. The van der Waals surface area contributed by atoms with E-state index in [2.05, 4.69) is 13.8 Å². The fourth-order valence-electron chi connectivity index (χ4n) is 2.57. The molecule has 1 amide bonds. The van der Waals surface area contributed by atoms with Crippen molar-refractivity contribution >= 4 is 17.5 Å². The highest BCUT2D eigenvalue weighted by molar-refractivity contribution is 6.32. The van der Waals surface area contributed by atoms with Crippen LogP contribution < -0.4 is 9.47 Å². The molecule has 2 aromatic carbocycles. The zero-order valence-electron chi connectivity index (χ0n) is 16.0. The number of ether oxygens (including phenoxy) is 2. The average molecular weight is 376 g/mol. The van der Waals surface area contributed by atoms with E-state index < -0.39 is 0 Å². The van der Waals surface area contributed by atoms with Crippen LogP contribution in [0.15, 0.2) is 42.5 Å². The molecule has 0 heterocycles. The molecule has 0 saturated heterocycles. The molecule has 1 unspecified atom stereocenters. The third kappa shape index (κ3) is 4.70. The Morgan fingerprint density at radius 1 is 1.15 bits per heavy atom. The molecule has 0 aromatic heterocycles. The van der Waals surface area contributed by atoms with Crippen LogP contribution in [0.3, 0.4) is 0 Å². The van der Waals surface area contributed by atoms with Gasteiger partial charge in [-0.1, -0.05) is 55.8 Å². The predicted molar refractivity (Wildman–Crippen MR) is 105 cm³/mol. The molecule has 2 rings (SSSR count). The number of amides is 1. The summed E-state index contributed by atoms with van der Waals surface area (Å²) in [5.74, 6) is 1.16. The summed E-state index contributed by atoms with van der Waals surface area (Å²) in [6.45, 7) is 6.62. The van der Waals surface area contributed by atoms with Crippen molar-refractivity contribution < 1.29 is 14.3 Å². The van der Waals surface area contributed by atoms with Gasteiger partial charge in [-0.2, -0.15) is 0 Å². The van der Waals surface area contributed by atoms with E-state index in [0.29, 0.717) is 34.6 Å². The lowest BCUT2D eigenvalue weighted by molar-refractivity contribution is 0.0742. The van der Waals surface area contributed by atoms with Gasteiger partial charge in [0.25, 0.3) is 5.91 Å². The van der Waals surface area contributed by atoms with Crippen molar-refractivity contribution in [3.05, 3.63) is 58.6 Å². The molecule has 0 bridgehead atoms. The van der Waals surface area contributed by atoms with Crippen LogP contribution in [0.5, 0.6) is 11.5 Å². The number of carbonyl (C=O) groups excluding carboxylic acids is 1. The summed E-state index contributed by atoms with van der Waals surface area (Å²) < 4.78 is 11.1. The first kappa shape index (κ1) is 20.1. The number of carbonyl (C=O) groups is 1. The lowest BCUT2D eigenvalue weighted by atomic mass is 10.1. The molecule has 4 nitrogen and oxygen atoms in total. The van der Waals surface area contributed by atoms with Crippen LogP contribution >= 0.6 is 11.6 Å². The van der Waals surface area contributed by atoms with E-state index in [0.717, 1.165) is 5.56 Å². The maximum Gasteiger partial charge on any atom is 0.254 e. The van der Waals surface area contributed by atoms with Gasteiger partial charge < -0.3 is 14.4 Å². The molecule has 0 saturated carbocycles. The first-order valence-electron chi connectivity index (χ1n) is 8.67. The van der Waals surface area contributed by atoms with Crippen LogP contribution in [-0.4, -0.2) is 31.6 Å². The molecule has 1 atom stereocenters. The number of nitrogens with zero attached hydrogens (tertiary/aromatic N) is 1. The van der Waals surface area contributed by atoms with Crippen molar-refractivity contribution in [3.63, 3.8) is 0 Å². The summed E-state index contributed by atoms with van der Waals surface area (Å²) in [6.07, 6.45) is 0. The second kappa shape index (κ2) is 8.95. The van der Waals surface area contributed by atoms with Gasteiger partial charge in [-0.15, -0.1) is 0 Å². The van der Waals surface area contributed by atoms with E-state index >= 15 is 0 Å². The van der Waals surface area contributed by atoms with Crippen LogP contribution in [-0.2, 0) is 0 Å². The molecule has 0 N–H and O–H groups in total. The highest BCUT2D eigenvalue weighted by Gasteiger charge is 2.22. The molecule has 0 aliphatic carbocycles. The molecular weight excluding hydrogens is 350 g/mol. The summed E-state index contributed by atoms with van der Waals surface area (Å²) in [5, 5.41) is 0.370. The zero-order chi connectivity index (χ0) is 19.3. The van der Waals surface area contributed by atoms with Gasteiger partial charge in [0.15, 0.2) is 11.5 Å². The van der Waals surface area contributed by atoms with E-state index in [4.69, 9.17) is 21.1 Å². The highest BCUT2D eigenvalue weighted by Crippen LogP contribution is 2.37. The Balaban J connectivity index is 2.27. The third-order valence-corrected chi connectivity index (χ3v) is 4.50. The normalized spacial score (nSPS) is 12.0. The van der Waals surface area contributed by atoms with E-state index in [9.17, 15) is 4.79 Å². The molecule has 0 fully saturated rings. The van der Waals surface area contributed by atoms with Crippen LogP contribution in [0, 0.1) is 5.92 Å². The van der Waals surface area contributed by atoms with Gasteiger partial charge in [-0.05, 0) is 30.5 Å². The molecule has 0 aliphatic rings. The molecule has 0 aliphatic heterocycles. The van der Waals surface area contributed by atoms with Gasteiger partial charge in [0.2, 0.25) is 0 Å². The van der Waals surface area contributed by atoms with Crippen molar-refractivity contribution in [2.45, 2.75) is 26.8 Å². The number of hydrogen-bond donors (Lipinski definition) is 0. The van der Waals surface area contributed by atoms with Crippen molar-refractivity contribution in [2.24, 2.45) is 5.92 Å². The van der Waals surface area contributed by atoms with Crippen LogP contribution in [0.4, 0.5) is 0 Å². The number of halogens is 1. The lowest BCUT2D eigenvalue weighted by Gasteiger charge is -2.26. The van der Waals surface area contributed by atoms with Crippen molar-refractivity contribution in [2.75, 3.05) is 20.8 Å². The molecular formula is C21H26ClNO3. The largest absolute Gasteiger partial charge is 0.493 e. The highest BCUT2D eigenvalue weighted by atomic mass is 35.5. The first-order chi connectivity index (χ1) is 12.3. The van der Waals surface area contributed by atoms with Gasteiger partial charge in [0.1, 0.15) is 0 Å². The SMILES string of the molecule is COc1cc(C(=O)N(C)C(C)c2ccccc2)cc(Cl)c1OCC(C)C. The zero-order valence-corrected chi connectivity index (χ0v) is 16.7. The molecule has 140 valence electrons. The molecule has 5 heteroatoms. The van der Waals surface area contributed by atoms with Crippen LogP contribution in [0.1, 0.15) is 42.7 Å². The minimum absolute atomic E-state index is 0.0645. The summed E-state index contributed by atoms with van der Waals surface area (Å²) in [6, 6.07) is 13.1. The maximum absolute atomic E-state index is 12.9. The van der Waals surface area contributed by atoms with E-state index in [1.807, 2.05) is 37.3 Å². The quantitative estimate of drug-likeness (QED) is 0.666. The Hall–Kier alpha value is -2.20. The second-order valence-electron chi connectivity index (χ2n) is 6.70. The van der Waals surface area contributed by atoms with Crippen LogP contribution in [0.25, 0.3) is 0 Å². The summed E-state index contributed by atoms with van der Waals surface area (Å²) in [4.78, 5) is 14.6. The number of benzene rings is 2. The Morgan fingerprint density at radius 2 is 1.81 bits per heavy atom. The van der Waals surface area contributed by atoms with Gasteiger partial charge in [0, 0.05) is 12.6 Å². The molecule has 0 spiro atoms. The summed E-state index contributed by atoms with van der Waals surface area (Å²) in [7, 11) is 3.32. The van der Waals surface area contributed by atoms with E-state index in [1.54, 1.807) is 31.2 Å². The maximum atomic E-state index is 12.9. The molecule has 2 aromatic rings. The predicted octanol–water partition coefficient (Wildman–Crippen LogP) is 5.22. The molecule has 0 radical (unpaired) electrons. The van der Waals surface area contributed by atoms with E-state index in [1.165, 1.54) is 0 Å². The van der Waals surface area contributed by atoms with Crippen LogP contribution in [0.2, 0.25) is 5.02 Å². The fraction of sp³-hybridized carbons (Fsp3) is 0.381. The average Bonchev–Trinajstić information content (AvgIpc) is 2.65. The van der Waals surface area contributed by atoms with Crippen molar-refractivity contribution in [1.82, 2.24) is 4.90 Å². The monoisotopic (exact) mass is 375 g/mol. The summed E-state index contributed by atoms with van der Waals surface area (Å²) >= 11 is 6.37. The van der Waals surface area contributed by atoms with Gasteiger partial charge in [-0.25, -0.2) is 0 Å². The number of hydrogen-bond acceptors (Lipinski definition) is 3. The van der Waals surface area contributed by atoms with Gasteiger partial charge >= 0.3 is 0 Å². The van der Waals surface area contributed by atoms with Crippen molar-refractivity contribution in [1.29, 1.82) is 0 Å². The number of methoxy groups -OCH3 is 1. The van der Waals surface area contributed by atoms with Gasteiger partial charge in [-0.3, -0.25) is 4.79 Å². The fourth-order valence-corrected chi connectivity index (χ4v) is 2.83.